The predicted octanol–water partition coefficient (Wildman–Crippen LogP) is 2.16. The highest BCUT2D eigenvalue weighted by Gasteiger charge is 2.15. The number of pyridine rings is 2. The molecule has 0 aliphatic carbocycles. The van der Waals surface area contributed by atoms with Crippen LogP contribution >= 0.6 is 23.5 Å². The zero-order valence-electron chi connectivity index (χ0n) is 11.1. The Balaban J connectivity index is 2.03. The Morgan fingerprint density at radius 1 is 0.727 bits per heavy atom. The smallest absolute Gasteiger partial charge is 0.267 e. The van der Waals surface area contributed by atoms with E-state index in [1.54, 1.807) is 36.7 Å². The van der Waals surface area contributed by atoms with Gasteiger partial charge in [-0.1, -0.05) is 35.7 Å². The molecule has 0 unspecified atom stereocenters. The van der Waals surface area contributed by atoms with Crippen LogP contribution in [0, 0.1) is 0 Å². The van der Waals surface area contributed by atoms with Gasteiger partial charge in [0.25, 0.3) is 11.1 Å². The van der Waals surface area contributed by atoms with E-state index in [4.69, 9.17) is 0 Å². The first-order valence-corrected chi connectivity index (χ1v) is 7.90. The average Bonchev–Trinajstić information content (AvgIpc) is 2.56. The van der Waals surface area contributed by atoms with Crippen LogP contribution in [0.15, 0.2) is 78.2 Å². The van der Waals surface area contributed by atoms with Crippen LogP contribution in [-0.2, 0) is 0 Å². The minimum Gasteiger partial charge on any atom is -0.267 e. The number of aromatic amines is 2. The van der Waals surface area contributed by atoms with Gasteiger partial charge in [0, 0.05) is 12.4 Å². The Labute approximate surface area is 133 Å². The number of nitrogens with one attached hydrogen (secondary N) is 2. The molecule has 0 amide bonds. The molecule has 22 heavy (non-hydrogen) atoms. The van der Waals surface area contributed by atoms with Crippen LogP contribution in [0.4, 0.5) is 0 Å². The fourth-order valence-electron chi connectivity index (χ4n) is 1.64. The Morgan fingerprint density at radius 3 is 1.55 bits per heavy atom. The first kappa shape index (κ1) is 14.6. The highest BCUT2D eigenvalue weighted by molar-refractivity contribution is 8.02. The van der Waals surface area contributed by atoms with Crippen LogP contribution in [0.25, 0.3) is 0 Å². The van der Waals surface area contributed by atoms with Gasteiger partial charge in [0.05, 0.1) is 9.79 Å². The van der Waals surface area contributed by atoms with E-state index in [-0.39, 0.29) is 11.1 Å². The third-order valence-corrected chi connectivity index (χ3v) is 4.81. The van der Waals surface area contributed by atoms with Crippen LogP contribution in [0.5, 0.6) is 0 Å². The molecule has 0 saturated heterocycles. The summed E-state index contributed by atoms with van der Waals surface area (Å²) in [4.78, 5) is 33.1. The molecular formula is C14H10N4O2S2. The Kier molecular flexibility index (Phi) is 4.40. The van der Waals surface area contributed by atoms with Crippen molar-refractivity contribution in [2.24, 2.45) is 0 Å². The van der Waals surface area contributed by atoms with E-state index >= 15 is 0 Å². The number of hydrogen-bond donors (Lipinski definition) is 2. The zero-order valence-corrected chi connectivity index (χ0v) is 12.8. The van der Waals surface area contributed by atoms with Gasteiger partial charge in [-0.25, -0.2) is 9.97 Å². The van der Waals surface area contributed by atoms with Gasteiger partial charge in [-0.15, -0.1) is 0 Å². The first-order chi connectivity index (χ1) is 10.7. The summed E-state index contributed by atoms with van der Waals surface area (Å²) in [6, 6.07) is 10.8. The molecule has 0 aromatic carbocycles. The van der Waals surface area contributed by atoms with Crippen molar-refractivity contribution in [3.05, 3.63) is 69.5 Å². The van der Waals surface area contributed by atoms with Crippen LogP contribution in [-0.4, -0.2) is 20.2 Å². The minimum absolute atomic E-state index is 0.304. The summed E-state index contributed by atoms with van der Waals surface area (Å²) in [6.45, 7) is 0. The molecule has 3 rings (SSSR count). The van der Waals surface area contributed by atoms with Crippen LogP contribution in [0.2, 0.25) is 0 Å². The fraction of sp³-hybridized carbons (Fsp3) is 0. The first-order valence-electron chi connectivity index (χ1n) is 6.27. The van der Waals surface area contributed by atoms with E-state index in [0.717, 1.165) is 23.5 Å². The van der Waals surface area contributed by atoms with Gasteiger partial charge in [0.15, 0.2) is 0 Å². The number of nitrogens with zero attached hydrogens (tertiary/aromatic N) is 2. The summed E-state index contributed by atoms with van der Waals surface area (Å²) in [7, 11) is 0. The number of aromatic nitrogens is 4. The van der Waals surface area contributed by atoms with Crippen LogP contribution in [0.1, 0.15) is 0 Å². The van der Waals surface area contributed by atoms with E-state index in [1.165, 1.54) is 0 Å². The molecule has 0 spiro atoms. The molecule has 110 valence electrons. The van der Waals surface area contributed by atoms with Gasteiger partial charge in [-0.05, 0) is 24.3 Å². The molecule has 0 aliphatic heterocycles. The van der Waals surface area contributed by atoms with Crippen molar-refractivity contribution in [3.63, 3.8) is 0 Å². The summed E-state index contributed by atoms with van der Waals surface area (Å²) < 4.78 is 0. The molecule has 2 N–H and O–H groups in total. The molecule has 8 heteroatoms. The van der Waals surface area contributed by atoms with E-state index in [2.05, 4.69) is 20.2 Å². The molecule has 6 nitrogen and oxygen atoms in total. The number of H-pyrrole nitrogens is 2. The van der Waals surface area contributed by atoms with Crippen molar-refractivity contribution in [3.8, 4) is 0 Å². The van der Waals surface area contributed by atoms with Gasteiger partial charge in [0.1, 0.15) is 10.1 Å². The Hall–Kier alpha value is -2.32. The predicted molar refractivity (Wildman–Crippen MR) is 84.4 cm³/mol. The quantitative estimate of drug-likeness (QED) is 0.762. The van der Waals surface area contributed by atoms with E-state index in [1.807, 2.05) is 12.1 Å². The maximum atomic E-state index is 12.1. The van der Waals surface area contributed by atoms with Gasteiger partial charge >= 0.3 is 0 Å². The summed E-state index contributed by atoms with van der Waals surface area (Å²) in [6.07, 6.45) is 3.27. The monoisotopic (exact) mass is 330 g/mol. The van der Waals surface area contributed by atoms with E-state index in [0.29, 0.717) is 19.8 Å². The molecule has 0 atom stereocenters. The molecule has 3 aromatic heterocycles. The average molecular weight is 330 g/mol. The summed E-state index contributed by atoms with van der Waals surface area (Å²) in [5, 5.41) is 5.96. The Morgan fingerprint density at radius 2 is 1.18 bits per heavy atom. The lowest BCUT2D eigenvalue weighted by Crippen LogP contribution is -2.22. The second-order valence-corrected chi connectivity index (χ2v) is 6.17. The summed E-state index contributed by atoms with van der Waals surface area (Å²) >= 11 is 2.30. The van der Waals surface area contributed by atoms with Gasteiger partial charge in [-0.2, -0.15) is 0 Å². The van der Waals surface area contributed by atoms with Gasteiger partial charge < -0.3 is 0 Å². The van der Waals surface area contributed by atoms with Crippen molar-refractivity contribution >= 4 is 23.5 Å². The zero-order chi connectivity index (χ0) is 15.4. The van der Waals surface area contributed by atoms with Crippen molar-refractivity contribution in [2.75, 3.05) is 0 Å². The van der Waals surface area contributed by atoms with Crippen LogP contribution in [0.3, 0.4) is 0 Å². The van der Waals surface area contributed by atoms with Crippen molar-refractivity contribution in [2.45, 2.75) is 19.8 Å². The SMILES string of the molecule is O=c1[nH][nH]c(=O)c(Sc2ccccn2)c1Sc1ccccn1. The highest BCUT2D eigenvalue weighted by Crippen LogP contribution is 2.32. The fourth-order valence-corrected chi connectivity index (χ4v) is 3.49. The van der Waals surface area contributed by atoms with Crippen molar-refractivity contribution < 1.29 is 0 Å². The molecular weight excluding hydrogens is 320 g/mol. The lowest BCUT2D eigenvalue weighted by atomic mass is 10.5. The lowest BCUT2D eigenvalue weighted by molar-refractivity contribution is 0.855. The topological polar surface area (TPSA) is 91.5 Å². The van der Waals surface area contributed by atoms with E-state index < -0.39 is 0 Å². The third-order valence-electron chi connectivity index (χ3n) is 2.60. The normalized spacial score (nSPS) is 10.5. The molecule has 0 fully saturated rings. The maximum Gasteiger partial charge on any atom is 0.277 e. The van der Waals surface area contributed by atoms with Gasteiger partial charge in [-0.3, -0.25) is 19.8 Å². The van der Waals surface area contributed by atoms with Crippen molar-refractivity contribution in [1.29, 1.82) is 0 Å². The second-order valence-electron chi connectivity index (χ2n) is 4.11. The van der Waals surface area contributed by atoms with Crippen molar-refractivity contribution in [1.82, 2.24) is 20.2 Å². The molecule has 0 aliphatic rings. The molecule has 3 heterocycles. The highest BCUT2D eigenvalue weighted by atomic mass is 32.2. The largest absolute Gasteiger partial charge is 0.277 e. The number of rotatable bonds is 4. The summed E-state index contributed by atoms with van der Waals surface area (Å²) in [5.74, 6) is 0. The summed E-state index contributed by atoms with van der Waals surface area (Å²) in [5.41, 5.74) is -0.734. The molecule has 0 radical (unpaired) electrons. The van der Waals surface area contributed by atoms with E-state index in [9.17, 15) is 9.59 Å². The third kappa shape index (κ3) is 3.29. The second kappa shape index (κ2) is 6.63. The Bertz CT molecular complexity index is 804. The molecule has 0 bridgehead atoms. The minimum atomic E-state index is -0.367. The maximum absolute atomic E-state index is 12.1. The van der Waals surface area contributed by atoms with Crippen LogP contribution < -0.4 is 11.1 Å². The standard InChI is InChI=1S/C14H10N4O2S2/c19-13-11(21-9-5-1-3-7-15-9)12(14(20)18-17-13)22-10-6-2-4-8-16-10/h1-8H,(H,17,19)(H,18,20). The number of hydrogen-bond acceptors (Lipinski definition) is 6. The molecule has 3 aromatic rings. The molecule has 0 saturated carbocycles. The van der Waals surface area contributed by atoms with Gasteiger partial charge in [0.2, 0.25) is 0 Å². The lowest BCUT2D eigenvalue weighted by Gasteiger charge is -2.05.